The van der Waals surface area contributed by atoms with E-state index in [4.69, 9.17) is 10.3 Å². The molecule has 0 fully saturated rings. The Bertz CT molecular complexity index is 683. The van der Waals surface area contributed by atoms with E-state index in [2.05, 4.69) is 41.2 Å². The molecule has 0 bridgehead atoms. The van der Waals surface area contributed by atoms with Crippen molar-refractivity contribution in [3.8, 4) is 0 Å². The van der Waals surface area contributed by atoms with Crippen LogP contribution in [0.25, 0.3) is 0 Å². The third-order valence-electron chi connectivity index (χ3n) is 5.31. The lowest BCUT2D eigenvalue weighted by Crippen LogP contribution is -2.31. The molecule has 5 heteroatoms. The summed E-state index contributed by atoms with van der Waals surface area (Å²) in [5, 5.41) is 4.26. The largest absolute Gasteiger partial charge is 0.361 e. The third kappa shape index (κ3) is 6.37. The first-order valence-electron chi connectivity index (χ1n) is 10.3. The molecule has 0 spiro atoms. The van der Waals surface area contributed by atoms with Crippen LogP contribution in [0.2, 0.25) is 0 Å². The molecular formula is C22H33N3OS. The average Bonchev–Trinajstić information content (AvgIpc) is 3.10. The Balaban J connectivity index is 1.37. The predicted molar refractivity (Wildman–Crippen MR) is 114 cm³/mol. The number of rotatable bonds is 11. The number of nitrogens with zero attached hydrogens (tertiary/aromatic N) is 2. The van der Waals surface area contributed by atoms with Gasteiger partial charge in [-0.15, -0.1) is 0 Å². The second-order valence-corrected chi connectivity index (χ2v) is 8.62. The molecule has 0 amide bonds. The van der Waals surface area contributed by atoms with Crippen molar-refractivity contribution in [3.05, 3.63) is 52.4 Å². The Morgan fingerprint density at radius 2 is 1.89 bits per heavy atom. The van der Waals surface area contributed by atoms with Crippen molar-refractivity contribution in [3.63, 3.8) is 0 Å². The molecule has 1 aromatic carbocycles. The average molecular weight is 388 g/mol. The molecule has 2 heterocycles. The molecule has 0 saturated heterocycles. The molecule has 0 saturated carbocycles. The Morgan fingerprint density at radius 1 is 1.07 bits per heavy atom. The maximum atomic E-state index is 5.82. The summed E-state index contributed by atoms with van der Waals surface area (Å²) < 4.78 is 5.61. The summed E-state index contributed by atoms with van der Waals surface area (Å²) in [5.41, 5.74) is 11.2. The minimum Gasteiger partial charge on any atom is -0.361 e. The molecular weight excluding hydrogens is 354 g/mol. The maximum absolute atomic E-state index is 5.82. The fourth-order valence-corrected chi connectivity index (χ4v) is 4.70. The molecule has 2 aromatic rings. The van der Waals surface area contributed by atoms with Crippen LogP contribution in [-0.2, 0) is 25.0 Å². The quantitative estimate of drug-likeness (QED) is 0.591. The molecule has 0 unspecified atom stereocenters. The highest BCUT2D eigenvalue weighted by molar-refractivity contribution is 7.98. The fourth-order valence-electron chi connectivity index (χ4n) is 3.68. The minimum absolute atomic E-state index is 0.728. The van der Waals surface area contributed by atoms with E-state index in [1.807, 2.05) is 11.8 Å². The van der Waals surface area contributed by atoms with Crippen LogP contribution in [0.15, 0.2) is 28.8 Å². The number of thioether (sulfide) groups is 1. The molecule has 1 aliphatic heterocycles. The van der Waals surface area contributed by atoms with Crippen LogP contribution in [0.5, 0.6) is 0 Å². The fraction of sp³-hybridized carbons (Fsp3) is 0.591. The topological polar surface area (TPSA) is 55.3 Å². The summed E-state index contributed by atoms with van der Waals surface area (Å²) in [6, 6.07) is 8.92. The van der Waals surface area contributed by atoms with Crippen molar-refractivity contribution < 1.29 is 4.52 Å². The van der Waals surface area contributed by atoms with E-state index in [9.17, 15) is 0 Å². The highest BCUT2D eigenvalue weighted by Gasteiger charge is 2.19. The molecule has 3 rings (SSSR count). The van der Waals surface area contributed by atoms with E-state index in [1.54, 1.807) is 0 Å². The first kappa shape index (κ1) is 20.4. The summed E-state index contributed by atoms with van der Waals surface area (Å²) in [4.78, 5) is 2.51. The van der Waals surface area contributed by atoms with Crippen molar-refractivity contribution in [2.45, 2.75) is 51.2 Å². The number of hydrogen-bond donors (Lipinski definition) is 1. The van der Waals surface area contributed by atoms with Gasteiger partial charge in [0.15, 0.2) is 0 Å². The van der Waals surface area contributed by atoms with Gasteiger partial charge in [-0.2, -0.15) is 11.8 Å². The van der Waals surface area contributed by atoms with Crippen LogP contribution in [0.3, 0.4) is 0 Å². The second kappa shape index (κ2) is 10.9. The highest BCUT2D eigenvalue weighted by Crippen LogP contribution is 2.27. The second-order valence-electron chi connectivity index (χ2n) is 7.51. The van der Waals surface area contributed by atoms with Gasteiger partial charge in [0.2, 0.25) is 0 Å². The molecule has 4 nitrogen and oxygen atoms in total. The van der Waals surface area contributed by atoms with Gasteiger partial charge in [-0.1, -0.05) is 35.0 Å². The number of unbranched alkanes of at least 4 members (excludes halogenated alkanes) is 1. The smallest absolute Gasteiger partial charge is 0.141 e. The highest BCUT2D eigenvalue weighted by atomic mass is 32.2. The number of benzene rings is 1. The van der Waals surface area contributed by atoms with Gasteiger partial charge in [0.1, 0.15) is 5.76 Å². The third-order valence-corrected chi connectivity index (χ3v) is 6.30. The van der Waals surface area contributed by atoms with Crippen molar-refractivity contribution in [2.24, 2.45) is 5.73 Å². The number of hydrogen-bond acceptors (Lipinski definition) is 5. The van der Waals surface area contributed by atoms with Gasteiger partial charge in [-0.05, 0) is 57.0 Å². The summed E-state index contributed by atoms with van der Waals surface area (Å²) in [5.74, 6) is 3.36. The Kier molecular flexibility index (Phi) is 8.24. The maximum Gasteiger partial charge on any atom is 0.141 e. The molecule has 1 aliphatic rings. The van der Waals surface area contributed by atoms with E-state index in [0.29, 0.717) is 0 Å². The van der Waals surface area contributed by atoms with E-state index >= 15 is 0 Å². The van der Waals surface area contributed by atoms with Crippen LogP contribution in [0, 0.1) is 6.92 Å². The minimum atomic E-state index is 0.728. The number of fused-ring (bicyclic) bond motifs is 1. The van der Waals surface area contributed by atoms with E-state index in [1.165, 1.54) is 47.4 Å². The zero-order valence-electron chi connectivity index (χ0n) is 16.6. The van der Waals surface area contributed by atoms with Gasteiger partial charge in [0, 0.05) is 37.2 Å². The Labute approximate surface area is 167 Å². The van der Waals surface area contributed by atoms with Crippen molar-refractivity contribution >= 4 is 11.8 Å². The van der Waals surface area contributed by atoms with E-state index in [0.717, 1.165) is 57.0 Å². The standard InChI is InChI=1S/C22H33N3OS/c1-18-7-9-19(10-8-18)5-2-3-13-25(15-12-23)14-4-6-22-20-17-27-16-11-21(20)24-26-22/h7-10H,2-6,11-17,23H2,1H3. The molecule has 0 aliphatic carbocycles. The zero-order chi connectivity index (χ0) is 18.9. The molecule has 148 valence electrons. The summed E-state index contributed by atoms with van der Waals surface area (Å²) >= 11 is 1.99. The van der Waals surface area contributed by atoms with E-state index < -0.39 is 0 Å². The van der Waals surface area contributed by atoms with Gasteiger partial charge < -0.3 is 15.2 Å². The van der Waals surface area contributed by atoms with Crippen LogP contribution in [0.1, 0.15) is 47.4 Å². The summed E-state index contributed by atoms with van der Waals surface area (Å²) in [6.45, 7) is 6.07. The van der Waals surface area contributed by atoms with Gasteiger partial charge >= 0.3 is 0 Å². The zero-order valence-corrected chi connectivity index (χ0v) is 17.4. The Morgan fingerprint density at radius 3 is 2.70 bits per heavy atom. The monoisotopic (exact) mass is 387 g/mol. The van der Waals surface area contributed by atoms with Crippen molar-refractivity contribution in [2.75, 3.05) is 31.9 Å². The first-order valence-corrected chi connectivity index (χ1v) is 11.4. The molecule has 1 aromatic heterocycles. The molecule has 2 N–H and O–H groups in total. The van der Waals surface area contributed by atoms with Crippen LogP contribution in [-0.4, -0.2) is 42.0 Å². The van der Waals surface area contributed by atoms with Gasteiger partial charge in [-0.25, -0.2) is 0 Å². The molecule has 27 heavy (non-hydrogen) atoms. The first-order chi connectivity index (χ1) is 13.3. The van der Waals surface area contributed by atoms with Gasteiger partial charge in [0.05, 0.1) is 5.69 Å². The summed E-state index contributed by atoms with van der Waals surface area (Å²) in [7, 11) is 0. The molecule has 0 atom stereocenters. The number of aryl methyl sites for hydroxylation is 4. The number of aromatic nitrogens is 1. The summed E-state index contributed by atoms with van der Waals surface area (Å²) in [6.07, 6.45) is 6.79. The van der Waals surface area contributed by atoms with Crippen molar-refractivity contribution in [1.82, 2.24) is 10.1 Å². The SMILES string of the molecule is Cc1ccc(CCCCN(CCN)CCCc2onc3c2CSCC3)cc1. The van der Waals surface area contributed by atoms with E-state index in [-0.39, 0.29) is 0 Å². The van der Waals surface area contributed by atoms with Gasteiger partial charge in [-0.3, -0.25) is 0 Å². The normalized spacial score (nSPS) is 13.9. The van der Waals surface area contributed by atoms with Crippen molar-refractivity contribution in [1.29, 1.82) is 0 Å². The molecule has 0 radical (unpaired) electrons. The lowest BCUT2D eigenvalue weighted by atomic mass is 10.1. The van der Waals surface area contributed by atoms with Crippen LogP contribution < -0.4 is 5.73 Å². The van der Waals surface area contributed by atoms with Gasteiger partial charge in [0.25, 0.3) is 0 Å². The lowest BCUT2D eigenvalue weighted by Gasteiger charge is -2.21. The lowest BCUT2D eigenvalue weighted by molar-refractivity contribution is 0.267. The van der Waals surface area contributed by atoms with Crippen LogP contribution >= 0.6 is 11.8 Å². The Hall–Kier alpha value is -1.30. The van der Waals surface area contributed by atoms with Crippen LogP contribution in [0.4, 0.5) is 0 Å². The predicted octanol–water partition coefficient (Wildman–Crippen LogP) is 3.99. The number of nitrogens with two attached hydrogens (primary N) is 1.